The predicted molar refractivity (Wildman–Crippen MR) is 83.0 cm³/mol. The summed E-state index contributed by atoms with van der Waals surface area (Å²) in [6.45, 7) is 3.83. The summed E-state index contributed by atoms with van der Waals surface area (Å²) in [7, 11) is 0. The molecule has 0 aliphatic carbocycles. The molecule has 3 nitrogen and oxygen atoms in total. The van der Waals surface area contributed by atoms with Crippen LogP contribution in [0.5, 0.6) is 0 Å². The van der Waals surface area contributed by atoms with Gasteiger partial charge in [-0.25, -0.2) is 0 Å². The third kappa shape index (κ3) is 3.36. The summed E-state index contributed by atoms with van der Waals surface area (Å²) >= 11 is 5.05. The number of hydrogen-bond donors (Lipinski definition) is 2. The van der Waals surface area contributed by atoms with Crippen LogP contribution in [-0.2, 0) is 0 Å². The minimum atomic E-state index is 0.0579. The molecule has 0 saturated carbocycles. The molecule has 0 atom stereocenters. The average molecular weight is 336 g/mol. The van der Waals surface area contributed by atoms with E-state index >= 15 is 0 Å². The monoisotopic (exact) mass is 335 g/mol. The van der Waals surface area contributed by atoms with E-state index in [9.17, 15) is 0 Å². The fourth-order valence-corrected chi connectivity index (χ4v) is 3.58. The van der Waals surface area contributed by atoms with Crippen LogP contribution in [0.1, 0.15) is 17.0 Å². The van der Waals surface area contributed by atoms with Crippen LogP contribution in [0.2, 0.25) is 0 Å². The van der Waals surface area contributed by atoms with E-state index in [0.717, 1.165) is 31.2 Å². The Morgan fingerprint density at radius 2 is 2.05 bits per heavy atom. The fourth-order valence-electron chi connectivity index (χ4n) is 1.86. The Kier molecular flexibility index (Phi) is 4.27. The highest BCUT2D eigenvalue weighted by atomic mass is 79.9. The molecule has 0 fully saturated rings. The standard InChI is InChI=1S/C14H14BrN3S/c1-8-6-12(13(14(16)17)9(2)18-8)19-11-5-3-4-10(15)7-11/h3-7H,1-2H3,(H3,16,17). The van der Waals surface area contributed by atoms with Gasteiger partial charge in [-0.05, 0) is 38.1 Å². The van der Waals surface area contributed by atoms with Crippen molar-refractivity contribution in [2.24, 2.45) is 5.73 Å². The lowest BCUT2D eigenvalue weighted by Crippen LogP contribution is -2.15. The number of rotatable bonds is 3. The number of nitrogens with zero attached hydrogens (tertiary/aromatic N) is 1. The first kappa shape index (κ1) is 14.1. The predicted octanol–water partition coefficient (Wildman–Crippen LogP) is 3.90. The van der Waals surface area contributed by atoms with Crippen molar-refractivity contribution in [1.82, 2.24) is 4.98 Å². The molecular weight excluding hydrogens is 322 g/mol. The number of benzene rings is 1. The third-order valence-corrected chi connectivity index (χ3v) is 4.11. The number of amidine groups is 1. The molecule has 0 radical (unpaired) electrons. The first-order valence-corrected chi connectivity index (χ1v) is 7.34. The van der Waals surface area contributed by atoms with Gasteiger partial charge in [0.2, 0.25) is 0 Å². The Morgan fingerprint density at radius 1 is 1.32 bits per heavy atom. The second kappa shape index (κ2) is 5.75. The highest BCUT2D eigenvalue weighted by Crippen LogP contribution is 2.33. The number of nitrogens with one attached hydrogen (secondary N) is 1. The molecule has 2 aromatic rings. The van der Waals surface area contributed by atoms with Crippen molar-refractivity contribution in [2.45, 2.75) is 23.6 Å². The molecule has 0 aliphatic heterocycles. The Labute approximate surface area is 125 Å². The van der Waals surface area contributed by atoms with Gasteiger partial charge in [-0.1, -0.05) is 33.8 Å². The van der Waals surface area contributed by atoms with E-state index in [1.807, 2.05) is 44.2 Å². The van der Waals surface area contributed by atoms with Crippen LogP contribution < -0.4 is 5.73 Å². The van der Waals surface area contributed by atoms with Gasteiger partial charge in [-0.3, -0.25) is 10.4 Å². The van der Waals surface area contributed by atoms with E-state index in [1.54, 1.807) is 11.8 Å². The quantitative estimate of drug-likeness (QED) is 0.660. The second-order valence-electron chi connectivity index (χ2n) is 4.20. The molecule has 19 heavy (non-hydrogen) atoms. The summed E-state index contributed by atoms with van der Waals surface area (Å²) in [5.41, 5.74) is 8.11. The summed E-state index contributed by atoms with van der Waals surface area (Å²) in [5.74, 6) is 0.0579. The molecule has 0 unspecified atom stereocenters. The normalized spacial score (nSPS) is 10.5. The lowest BCUT2D eigenvalue weighted by atomic mass is 10.1. The van der Waals surface area contributed by atoms with Crippen molar-refractivity contribution < 1.29 is 0 Å². The Bertz CT molecular complexity index is 641. The topological polar surface area (TPSA) is 62.8 Å². The van der Waals surface area contributed by atoms with Gasteiger partial charge in [0.25, 0.3) is 0 Å². The smallest absolute Gasteiger partial charge is 0.125 e. The first-order valence-electron chi connectivity index (χ1n) is 5.73. The summed E-state index contributed by atoms with van der Waals surface area (Å²) in [6, 6.07) is 10.0. The van der Waals surface area contributed by atoms with E-state index in [2.05, 4.69) is 20.9 Å². The zero-order chi connectivity index (χ0) is 14.0. The molecule has 2 rings (SSSR count). The highest BCUT2D eigenvalue weighted by Gasteiger charge is 2.12. The van der Waals surface area contributed by atoms with Crippen LogP contribution in [-0.4, -0.2) is 10.8 Å². The van der Waals surface area contributed by atoms with Gasteiger partial charge in [0, 0.05) is 25.7 Å². The van der Waals surface area contributed by atoms with Gasteiger partial charge >= 0.3 is 0 Å². The second-order valence-corrected chi connectivity index (χ2v) is 6.23. The lowest BCUT2D eigenvalue weighted by molar-refractivity contribution is 1.07. The minimum absolute atomic E-state index is 0.0579. The SMILES string of the molecule is Cc1cc(Sc2cccc(Br)c2)c(C(=N)N)c(C)n1. The molecule has 0 spiro atoms. The van der Waals surface area contributed by atoms with Crippen LogP contribution >= 0.6 is 27.7 Å². The molecule has 0 saturated heterocycles. The molecule has 1 aromatic carbocycles. The number of nitrogens with two attached hydrogens (primary N) is 1. The summed E-state index contributed by atoms with van der Waals surface area (Å²) in [4.78, 5) is 6.44. The zero-order valence-electron chi connectivity index (χ0n) is 10.7. The molecule has 0 aliphatic rings. The van der Waals surface area contributed by atoms with Crippen LogP contribution in [0.4, 0.5) is 0 Å². The summed E-state index contributed by atoms with van der Waals surface area (Å²) < 4.78 is 1.03. The van der Waals surface area contributed by atoms with Gasteiger partial charge in [0.15, 0.2) is 0 Å². The third-order valence-electron chi connectivity index (χ3n) is 2.59. The maximum absolute atomic E-state index is 7.71. The van der Waals surface area contributed by atoms with Crippen molar-refractivity contribution in [1.29, 1.82) is 5.41 Å². The number of hydrogen-bond acceptors (Lipinski definition) is 3. The van der Waals surface area contributed by atoms with Crippen LogP contribution in [0, 0.1) is 19.3 Å². The van der Waals surface area contributed by atoms with Crippen LogP contribution in [0.15, 0.2) is 44.6 Å². The molecule has 1 aromatic heterocycles. The Morgan fingerprint density at radius 3 is 2.68 bits per heavy atom. The number of aromatic nitrogens is 1. The van der Waals surface area contributed by atoms with Gasteiger partial charge < -0.3 is 5.73 Å². The zero-order valence-corrected chi connectivity index (χ0v) is 13.1. The van der Waals surface area contributed by atoms with Crippen molar-refractivity contribution >= 4 is 33.5 Å². The highest BCUT2D eigenvalue weighted by molar-refractivity contribution is 9.10. The number of aryl methyl sites for hydroxylation is 2. The van der Waals surface area contributed by atoms with Crippen LogP contribution in [0.3, 0.4) is 0 Å². The maximum atomic E-state index is 7.71. The number of halogens is 1. The molecule has 1 heterocycles. The fraction of sp³-hybridized carbons (Fsp3) is 0.143. The van der Waals surface area contributed by atoms with Crippen molar-refractivity contribution in [3.8, 4) is 0 Å². The van der Waals surface area contributed by atoms with Crippen molar-refractivity contribution in [3.63, 3.8) is 0 Å². The van der Waals surface area contributed by atoms with E-state index in [1.165, 1.54) is 0 Å². The van der Waals surface area contributed by atoms with Gasteiger partial charge in [0.05, 0.1) is 5.56 Å². The van der Waals surface area contributed by atoms with Crippen molar-refractivity contribution in [3.05, 3.63) is 51.8 Å². The Hall–Kier alpha value is -1.33. The maximum Gasteiger partial charge on any atom is 0.125 e. The van der Waals surface area contributed by atoms with E-state index in [-0.39, 0.29) is 5.84 Å². The van der Waals surface area contributed by atoms with E-state index in [4.69, 9.17) is 11.1 Å². The van der Waals surface area contributed by atoms with E-state index < -0.39 is 0 Å². The van der Waals surface area contributed by atoms with Gasteiger partial charge in [0.1, 0.15) is 5.84 Å². The Balaban J connectivity index is 2.47. The van der Waals surface area contributed by atoms with E-state index in [0.29, 0.717) is 0 Å². The molecule has 0 amide bonds. The van der Waals surface area contributed by atoms with Gasteiger partial charge in [-0.2, -0.15) is 0 Å². The lowest BCUT2D eigenvalue weighted by Gasteiger charge is -2.11. The van der Waals surface area contributed by atoms with Crippen LogP contribution in [0.25, 0.3) is 0 Å². The average Bonchev–Trinajstić information content (AvgIpc) is 2.26. The molecule has 5 heteroatoms. The van der Waals surface area contributed by atoms with Crippen molar-refractivity contribution in [2.75, 3.05) is 0 Å². The summed E-state index contributed by atoms with van der Waals surface area (Å²) in [6.07, 6.45) is 0. The number of nitrogen functional groups attached to an aromatic ring is 1. The van der Waals surface area contributed by atoms with Gasteiger partial charge in [-0.15, -0.1) is 0 Å². The first-order chi connectivity index (χ1) is 8.97. The molecular formula is C14H14BrN3S. The molecule has 0 bridgehead atoms. The summed E-state index contributed by atoms with van der Waals surface area (Å²) in [5, 5.41) is 7.71. The largest absolute Gasteiger partial charge is 0.384 e. The molecule has 98 valence electrons. The number of pyridine rings is 1. The minimum Gasteiger partial charge on any atom is -0.384 e. The molecule has 3 N–H and O–H groups in total.